The van der Waals surface area contributed by atoms with E-state index in [0.717, 1.165) is 6.42 Å². The van der Waals surface area contributed by atoms with Crippen LogP contribution in [0.15, 0.2) is 41.5 Å². The van der Waals surface area contributed by atoms with Crippen LogP contribution in [0.3, 0.4) is 0 Å². The molecule has 0 atom stereocenters. The first kappa shape index (κ1) is 16.3. The molecule has 0 bridgehead atoms. The Balaban J connectivity index is 0.00000137. The van der Waals surface area contributed by atoms with E-state index in [1.807, 2.05) is 0 Å². The number of allylic oxidation sites excluding steroid dienone is 4. The zero-order valence-corrected chi connectivity index (χ0v) is 12.2. The Kier molecular flexibility index (Phi) is 7.56. The molecule has 18 heavy (non-hydrogen) atoms. The lowest BCUT2D eigenvalue weighted by Gasteiger charge is -2.02. The Bertz CT molecular complexity index is 452. The molecule has 0 heteroatoms. The van der Waals surface area contributed by atoms with Crippen LogP contribution in [-0.2, 0) is 6.42 Å². The van der Waals surface area contributed by atoms with Gasteiger partial charge < -0.3 is 0 Å². The van der Waals surface area contributed by atoms with Crippen LogP contribution in [-0.4, -0.2) is 0 Å². The van der Waals surface area contributed by atoms with Crippen molar-refractivity contribution in [3.63, 3.8) is 0 Å². The average molecular weight is 240 g/mol. The summed E-state index contributed by atoms with van der Waals surface area (Å²) in [5.74, 6) is 0. The van der Waals surface area contributed by atoms with E-state index >= 15 is 0 Å². The summed E-state index contributed by atoms with van der Waals surface area (Å²) in [7, 11) is 0. The van der Waals surface area contributed by atoms with Gasteiger partial charge in [-0.15, -0.1) is 12.8 Å². The summed E-state index contributed by atoms with van der Waals surface area (Å²) in [6.07, 6.45) is 13.5. The first-order valence-corrected chi connectivity index (χ1v) is 6.21. The standard InChI is InChI=1S/C16H22.C2H2/c1-12(2)13(3)7-6-8-16-10-9-14(4)15(5)11-16;1-2/h6-7,9-11H,8H2,1-5H3;1-2H/b7-6-;. The fraction of sp³-hybridized carbons (Fsp3) is 0.333. The maximum absolute atomic E-state index is 4.00. The minimum Gasteiger partial charge on any atom is -0.124 e. The van der Waals surface area contributed by atoms with Gasteiger partial charge in [-0.3, -0.25) is 0 Å². The Hall–Kier alpha value is -1.74. The molecule has 0 spiro atoms. The van der Waals surface area contributed by atoms with E-state index in [2.05, 4.69) is 77.8 Å². The minimum atomic E-state index is 1.02. The lowest BCUT2D eigenvalue weighted by Crippen LogP contribution is -1.86. The van der Waals surface area contributed by atoms with Crippen molar-refractivity contribution in [1.82, 2.24) is 0 Å². The SMILES string of the molecule is C#C.CC(C)=C(C)/C=C\Cc1ccc(C)c(C)c1. The van der Waals surface area contributed by atoms with Crippen LogP contribution in [0, 0.1) is 26.7 Å². The number of aryl methyl sites for hydroxylation is 2. The third kappa shape index (κ3) is 5.55. The third-order valence-corrected chi connectivity index (χ3v) is 3.08. The fourth-order valence-electron chi connectivity index (χ4n) is 1.47. The Morgan fingerprint density at radius 3 is 2.17 bits per heavy atom. The molecule has 0 aliphatic carbocycles. The Morgan fingerprint density at radius 1 is 1.06 bits per heavy atom. The summed E-state index contributed by atoms with van der Waals surface area (Å²) in [5.41, 5.74) is 6.89. The minimum absolute atomic E-state index is 1.02. The summed E-state index contributed by atoms with van der Waals surface area (Å²) in [6, 6.07) is 6.69. The zero-order chi connectivity index (χ0) is 14.1. The largest absolute Gasteiger partial charge is 0.124 e. The number of terminal acetylenes is 1. The highest BCUT2D eigenvalue weighted by Gasteiger charge is 1.94. The van der Waals surface area contributed by atoms with Crippen molar-refractivity contribution in [1.29, 1.82) is 0 Å². The summed E-state index contributed by atoms with van der Waals surface area (Å²) in [5, 5.41) is 0. The van der Waals surface area contributed by atoms with E-state index in [0.29, 0.717) is 0 Å². The van der Waals surface area contributed by atoms with Gasteiger partial charge in [-0.25, -0.2) is 0 Å². The summed E-state index contributed by atoms with van der Waals surface area (Å²) >= 11 is 0. The first-order valence-electron chi connectivity index (χ1n) is 6.21. The summed E-state index contributed by atoms with van der Waals surface area (Å²) in [4.78, 5) is 0. The van der Waals surface area contributed by atoms with Gasteiger partial charge >= 0.3 is 0 Å². The quantitative estimate of drug-likeness (QED) is 0.515. The van der Waals surface area contributed by atoms with E-state index in [9.17, 15) is 0 Å². The molecule has 1 rings (SSSR count). The molecular formula is C18H24. The van der Waals surface area contributed by atoms with Crippen LogP contribution in [0.5, 0.6) is 0 Å². The molecule has 1 aromatic rings. The number of benzene rings is 1. The third-order valence-electron chi connectivity index (χ3n) is 3.08. The summed E-state index contributed by atoms with van der Waals surface area (Å²) in [6.45, 7) is 10.8. The predicted molar refractivity (Wildman–Crippen MR) is 82.7 cm³/mol. The molecule has 1 aromatic carbocycles. The lowest BCUT2D eigenvalue weighted by atomic mass is 10.0. The van der Waals surface area contributed by atoms with Crippen LogP contribution in [0.1, 0.15) is 37.5 Å². The van der Waals surface area contributed by atoms with Gasteiger partial charge in [0.15, 0.2) is 0 Å². The van der Waals surface area contributed by atoms with E-state index < -0.39 is 0 Å². The van der Waals surface area contributed by atoms with Crippen molar-refractivity contribution in [3.05, 3.63) is 58.2 Å². The smallest absolute Gasteiger partial charge is 0.00941 e. The molecule has 0 radical (unpaired) electrons. The molecule has 0 saturated heterocycles. The highest BCUT2D eigenvalue weighted by molar-refractivity contribution is 5.31. The summed E-state index contributed by atoms with van der Waals surface area (Å²) < 4.78 is 0. The molecular weight excluding hydrogens is 216 g/mol. The van der Waals surface area contributed by atoms with Gasteiger partial charge in [0.1, 0.15) is 0 Å². The maximum Gasteiger partial charge on any atom is -0.00941 e. The number of rotatable bonds is 3. The van der Waals surface area contributed by atoms with Gasteiger partial charge in [0.2, 0.25) is 0 Å². The topological polar surface area (TPSA) is 0 Å². The molecule has 0 aliphatic heterocycles. The predicted octanol–water partition coefficient (Wildman–Crippen LogP) is 5.01. The molecule has 96 valence electrons. The molecule has 0 aliphatic rings. The highest BCUT2D eigenvalue weighted by Crippen LogP contribution is 2.11. The van der Waals surface area contributed by atoms with Crippen molar-refractivity contribution >= 4 is 0 Å². The van der Waals surface area contributed by atoms with Crippen molar-refractivity contribution < 1.29 is 0 Å². The molecule has 0 fully saturated rings. The van der Waals surface area contributed by atoms with Gasteiger partial charge in [0, 0.05) is 0 Å². The van der Waals surface area contributed by atoms with Gasteiger partial charge in [0.05, 0.1) is 0 Å². The van der Waals surface area contributed by atoms with Crippen LogP contribution in [0.2, 0.25) is 0 Å². The maximum atomic E-state index is 4.00. The van der Waals surface area contributed by atoms with Crippen molar-refractivity contribution in [2.75, 3.05) is 0 Å². The molecule has 0 amide bonds. The lowest BCUT2D eigenvalue weighted by molar-refractivity contribution is 1.21. The average Bonchev–Trinajstić information content (AvgIpc) is 2.36. The number of hydrogen-bond donors (Lipinski definition) is 0. The monoisotopic (exact) mass is 240 g/mol. The molecule has 0 aromatic heterocycles. The molecule has 0 nitrogen and oxygen atoms in total. The van der Waals surface area contributed by atoms with E-state index in [1.54, 1.807) is 0 Å². The Morgan fingerprint density at radius 2 is 1.67 bits per heavy atom. The van der Waals surface area contributed by atoms with Crippen molar-refractivity contribution in [2.45, 2.75) is 41.0 Å². The van der Waals surface area contributed by atoms with E-state index in [1.165, 1.54) is 27.8 Å². The van der Waals surface area contributed by atoms with Crippen LogP contribution >= 0.6 is 0 Å². The van der Waals surface area contributed by atoms with Gasteiger partial charge in [-0.2, -0.15) is 0 Å². The van der Waals surface area contributed by atoms with E-state index in [4.69, 9.17) is 0 Å². The van der Waals surface area contributed by atoms with Gasteiger partial charge in [-0.05, 0) is 57.7 Å². The fourth-order valence-corrected chi connectivity index (χ4v) is 1.47. The molecule has 0 saturated carbocycles. The molecule has 0 heterocycles. The second-order valence-corrected chi connectivity index (χ2v) is 4.71. The van der Waals surface area contributed by atoms with Crippen molar-refractivity contribution in [3.8, 4) is 12.8 Å². The van der Waals surface area contributed by atoms with Crippen LogP contribution < -0.4 is 0 Å². The zero-order valence-electron chi connectivity index (χ0n) is 12.2. The van der Waals surface area contributed by atoms with Gasteiger partial charge in [0.25, 0.3) is 0 Å². The second kappa shape index (κ2) is 8.37. The molecule has 0 N–H and O–H groups in total. The normalized spacial score (nSPS) is 9.72. The highest BCUT2D eigenvalue weighted by atomic mass is 14.0. The molecule has 0 unspecified atom stereocenters. The van der Waals surface area contributed by atoms with Gasteiger partial charge in [-0.1, -0.05) is 41.5 Å². The van der Waals surface area contributed by atoms with Crippen LogP contribution in [0.25, 0.3) is 0 Å². The van der Waals surface area contributed by atoms with Crippen molar-refractivity contribution in [2.24, 2.45) is 0 Å². The number of hydrogen-bond acceptors (Lipinski definition) is 0. The van der Waals surface area contributed by atoms with E-state index in [-0.39, 0.29) is 0 Å². The Labute approximate surface area is 112 Å². The van der Waals surface area contributed by atoms with Crippen LogP contribution in [0.4, 0.5) is 0 Å². The first-order chi connectivity index (χ1) is 8.50. The second-order valence-electron chi connectivity index (χ2n) is 4.71.